The largest absolute Gasteiger partial charge is 0.496 e. The fourth-order valence-corrected chi connectivity index (χ4v) is 3.32. The molecule has 5 nitrogen and oxygen atoms in total. The third kappa shape index (κ3) is 3.42. The first-order valence-corrected chi connectivity index (χ1v) is 8.82. The lowest BCUT2D eigenvalue weighted by Gasteiger charge is -2.28. The van der Waals surface area contributed by atoms with E-state index >= 15 is 0 Å². The normalized spacial score (nSPS) is 13.4. The molecule has 1 aliphatic rings. The Bertz CT molecular complexity index is 1030. The van der Waals surface area contributed by atoms with E-state index in [1.807, 2.05) is 36.4 Å². The maximum absolute atomic E-state index is 9.48. The molecular formula is C22H19N3O2. The number of hydrogen-bond acceptors (Lipinski definition) is 5. The number of aromatic nitrogens is 1. The summed E-state index contributed by atoms with van der Waals surface area (Å²) in [6.45, 7) is 1.52. The molecule has 2 heterocycles. The fraction of sp³-hybridized carbons (Fsp3) is 0.182. The SMILES string of the molecule is COc1ccccc1/C=C/c1nc(C#N)c(N2CCc3ccccc3C2)o1. The Morgan fingerprint density at radius 1 is 1.11 bits per heavy atom. The van der Waals surface area contributed by atoms with Crippen LogP contribution in [0.1, 0.15) is 28.3 Å². The van der Waals surface area contributed by atoms with Gasteiger partial charge in [0.15, 0.2) is 0 Å². The highest BCUT2D eigenvalue weighted by atomic mass is 16.5. The van der Waals surface area contributed by atoms with E-state index in [4.69, 9.17) is 9.15 Å². The third-order valence-corrected chi connectivity index (χ3v) is 4.69. The Morgan fingerprint density at radius 3 is 2.70 bits per heavy atom. The summed E-state index contributed by atoms with van der Waals surface area (Å²) in [7, 11) is 1.64. The lowest BCUT2D eigenvalue weighted by Crippen LogP contribution is -2.30. The van der Waals surface area contributed by atoms with Gasteiger partial charge in [0.25, 0.3) is 0 Å². The van der Waals surface area contributed by atoms with E-state index in [1.165, 1.54) is 11.1 Å². The molecule has 5 heteroatoms. The predicted molar refractivity (Wildman–Crippen MR) is 104 cm³/mol. The number of rotatable bonds is 4. The van der Waals surface area contributed by atoms with Crippen molar-refractivity contribution in [3.8, 4) is 11.8 Å². The molecule has 0 fully saturated rings. The molecule has 0 saturated heterocycles. The molecule has 1 aromatic heterocycles. The highest BCUT2D eigenvalue weighted by Gasteiger charge is 2.23. The highest BCUT2D eigenvalue weighted by molar-refractivity contribution is 5.70. The van der Waals surface area contributed by atoms with Gasteiger partial charge in [-0.2, -0.15) is 10.2 Å². The summed E-state index contributed by atoms with van der Waals surface area (Å²) in [5, 5.41) is 9.48. The number of benzene rings is 2. The van der Waals surface area contributed by atoms with E-state index in [-0.39, 0.29) is 0 Å². The van der Waals surface area contributed by atoms with Crippen LogP contribution in [0.3, 0.4) is 0 Å². The second kappa shape index (κ2) is 7.38. The number of oxazole rings is 1. The molecule has 0 spiro atoms. The van der Waals surface area contributed by atoms with Crippen molar-refractivity contribution in [2.75, 3.05) is 18.6 Å². The Morgan fingerprint density at radius 2 is 1.89 bits per heavy atom. The molecule has 2 aromatic carbocycles. The second-order valence-electron chi connectivity index (χ2n) is 6.33. The van der Waals surface area contributed by atoms with Gasteiger partial charge in [0.1, 0.15) is 11.8 Å². The molecule has 0 unspecified atom stereocenters. The summed E-state index contributed by atoms with van der Waals surface area (Å²) < 4.78 is 11.3. The number of anilines is 1. The number of methoxy groups -OCH3 is 1. The van der Waals surface area contributed by atoms with Gasteiger partial charge in [-0.1, -0.05) is 42.5 Å². The van der Waals surface area contributed by atoms with Gasteiger partial charge in [-0.15, -0.1) is 0 Å². The number of hydrogen-bond donors (Lipinski definition) is 0. The summed E-state index contributed by atoms with van der Waals surface area (Å²) in [6, 6.07) is 18.2. The maximum atomic E-state index is 9.48. The topological polar surface area (TPSA) is 62.3 Å². The van der Waals surface area contributed by atoms with E-state index in [1.54, 1.807) is 13.2 Å². The molecular weight excluding hydrogens is 338 g/mol. The van der Waals surface area contributed by atoms with Crippen LogP contribution >= 0.6 is 0 Å². The molecule has 1 aliphatic heterocycles. The summed E-state index contributed by atoms with van der Waals surface area (Å²) in [6.07, 6.45) is 4.56. The Labute approximate surface area is 158 Å². The minimum atomic E-state index is 0.314. The molecule has 0 bridgehead atoms. The molecule has 0 aliphatic carbocycles. The first-order chi connectivity index (χ1) is 13.3. The van der Waals surface area contributed by atoms with Crippen molar-refractivity contribution < 1.29 is 9.15 Å². The molecule has 27 heavy (non-hydrogen) atoms. The van der Waals surface area contributed by atoms with Crippen molar-refractivity contribution in [3.63, 3.8) is 0 Å². The number of nitriles is 1. The van der Waals surface area contributed by atoms with Gasteiger partial charge < -0.3 is 14.1 Å². The van der Waals surface area contributed by atoms with Crippen molar-refractivity contribution in [1.82, 2.24) is 4.98 Å². The van der Waals surface area contributed by atoms with Crippen LogP contribution in [0.25, 0.3) is 12.2 Å². The summed E-state index contributed by atoms with van der Waals surface area (Å²) in [5.41, 5.74) is 3.84. The number of ether oxygens (including phenoxy) is 1. The molecule has 3 aromatic rings. The van der Waals surface area contributed by atoms with Crippen LogP contribution < -0.4 is 9.64 Å². The standard InChI is InChI=1S/C22H19N3O2/c1-26-20-9-5-4-7-17(20)10-11-21-24-19(14-23)22(27-21)25-13-12-16-6-2-3-8-18(16)15-25/h2-11H,12-13,15H2,1H3/b11-10+. The minimum Gasteiger partial charge on any atom is -0.496 e. The maximum Gasteiger partial charge on any atom is 0.235 e. The predicted octanol–water partition coefficient (Wildman–Crippen LogP) is 4.29. The van der Waals surface area contributed by atoms with Crippen molar-refractivity contribution in [2.45, 2.75) is 13.0 Å². The van der Waals surface area contributed by atoms with Crippen LogP contribution in [0.2, 0.25) is 0 Å². The van der Waals surface area contributed by atoms with Crippen LogP contribution in [-0.4, -0.2) is 18.6 Å². The van der Waals surface area contributed by atoms with Crippen molar-refractivity contribution >= 4 is 18.0 Å². The second-order valence-corrected chi connectivity index (χ2v) is 6.33. The number of nitrogens with zero attached hydrogens (tertiary/aromatic N) is 3. The molecule has 0 saturated carbocycles. The third-order valence-electron chi connectivity index (χ3n) is 4.69. The first-order valence-electron chi connectivity index (χ1n) is 8.82. The van der Waals surface area contributed by atoms with Crippen molar-refractivity contribution in [2.24, 2.45) is 0 Å². The van der Waals surface area contributed by atoms with Crippen LogP contribution in [0.15, 0.2) is 52.9 Å². The van der Waals surface area contributed by atoms with Crippen LogP contribution in [-0.2, 0) is 13.0 Å². The van der Waals surface area contributed by atoms with E-state index in [2.05, 4.69) is 34.2 Å². The quantitative estimate of drug-likeness (QED) is 0.697. The zero-order chi connectivity index (χ0) is 18.6. The van der Waals surface area contributed by atoms with Gasteiger partial charge in [0.05, 0.1) is 7.11 Å². The van der Waals surface area contributed by atoms with Gasteiger partial charge in [0.2, 0.25) is 17.5 Å². The van der Waals surface area contributed by atoms with Crippen molar-refractivity contribution in [3.05, 3.63) is 76.8 Å². The molecule has 0 N–H and O–H groups in total. The highest BCUT2D eigenvalue weighted by Crippen LogP contribution is 2.29. The Hall–Kier alpha value is -3.52. The lowest BCUT2D eigenvalue weighted by atomic mass is 10.00. The van der Waals surface area contributed by atoms with Gasteiger partial charge in [0, 0.05) is 24.7 Å². The Kier molecular flexibility index (Phi) is 4.63. The lowest BCUT2D eigenvalue weighted by molar-refractivity contribution is 0.414. The van der Waals surface area contributed by atoms with E-state index in [9.17, 15) is 5.26 Å². The summed E-state index contributed by atoms with van der Waals surface area (Å²) in [4.78, 5) is 6.41. The fourth-order valence-electron chi connectivity index (χ4n) is 3.32. The van der Waals surface area contributed by atoms with E-state index < -0.39 is 0 Å². The number of fused-ring (bicyclic) bond motifs is 1. The van der Waals surface area contributed by atoms with E-state index in [0.29, 0.717) is 17.5 Å². The van der Waals surface area contributed by atoms with Gasteiger partial charge in [-0.05, 0) is 29.7 Å². The molecule has 0 radical (unpaired) electrons. The van der Waals surface area contributed by atoms with Gasteiger partial charge >= 0.3 is 0 Å². The monoisotopic (exact) mass is 357 g/mol. The molecule has 134 valence electrons. The van der Waals surface area contributed by atoms with Crippen LogP contribution in [0.4, 0.5) is 5.88 Å². The average molecular weight is 357 g/mol. The van der Waals surface area contributed by atoms with Crippen LogP contribution in [0.5, 0.6) is 5.75 Å². The summed E-state index contributed by atoms with van der Waals surface area (Å²) >= 11 is 0. The van der Waals surface area contributed by atoms with Crippen molar-refractivity contribution in [1.29, 1.82) is 5.26 Å². The van der Waals surface area contributed by atoms with Gasteiger partial charge in [-0.3, -0.25) is 0 Å². The minimum absolute atomic E-state index is 0.314. The number of para-hydroxylation sites is 1. The first kappa shape index (κ1) is 16.9. The molecule has 4 rings (SSSR count). The smallest absolute Gasteiger partial charge is 0.235 e. The zero-order valence-corrected chi connectivity index (χ0v) is 15.1. The van der Waals surface area contributed by atoms with Gasteiger partial charge in [-0.25, -0.2) is 0 Å². The zero-order valence-electron chi connectivity index (χ0n) is 15.1. The Balaban J connectivity index is 1.60. The summed E-state index contributed by atoms with van der Waals surface area (Å²) in [5.74, 6) is 1.71. The van der Waals surface area contributed by atoms with Crippen LogP contribution in [0, 0.1) is 11.3 Å². The van der Waals surface area contributed by atoms with E-state index in [0.717, 1.165) is 30.8 Å². The molecule has 0 amide bonds. The molecule has 0 atom stereocenters. The average Bonchev–Trinajstić information content (AvgIpc) is 3.15.